The second kappa shape index (κ2) is 13.4. The van der Waals surface area contributed by atoms with E-state index < -0.39 is 5.97 Å². The van der Waals surface area contributed by atoms with E-state index in [-0.39, 0.29) is 31.2 Å². The third kappa shape index (κ3) is 6.71. The van der Waals surface area contributed by atoms with E-state index in [0.717, 1.165) is 40.6 Å². The van der Waals surface area contributed by atoms with Crippen LogP contribution >= 0.6 is 0 Å². The number of benzene rings is 2. The van der Waals surface area contributed by atoms with Gasteiger partial charge in [0.05, 0.1) is 36.6 Å². The quantitative estimate of drug-likeness (QED) is 0.241. The molecule has 0 atom stereocenters. The summed E-state index contributed by atoms with van der Waals surface area (Å²) in [6.45, 7) is 4.99. The van der Waals surface area contributed by atoms with Gasteiger partial charge in [-0.1, -0.05) is 68.0 Å². The summed E-state index contributed by atoms with van der Waals surface area (Å²) >= 11 is 0. The Morgan fingerprint density at radius 3 is 2.58 bits per heavy atom. The number of carbonyl (C=O) groups is 2. The highest BCUT2D eigenvalue weighted by Gasteiger charge is 2.21. The van der Waals surface area contributed by atoms with Crippen LogP contribution in [0.1, 0.15) is 47.4 Å². The van der Waals surface area contributed by atoms with Crippen LogP contribution in [0.2, 0.25) is 0 Å². The van der Waals surface area contributed by atoms with Crippen molar-refractivity contribution in [2.24, 2.45) is 0 Å². The second-order valence-electron chi connectivity index (χ2n) is 8.42. The molecule has 1 heterocycles. The van der Waals surface area contributed by atoms with Gasteiger partial charge in [0, 0.05) is 11.9 Å². The highest BCUT2D eigenvalue weighted by atomic mass is 16.5. The summed E-state index contributed by atoms with van der Waals surface area (Å²) < 4.78 is 7.67. The molecule has 3 rings (SSSR count). The maximum absolute atomic E-state index is 12.7. The minimum atomic E-state index is -1.02. The number of ether oxygens (including phenoxy) is 1. The fraction of sp³-hybridized carbons (Fsp3) is 0.310. The van der Waals surface area contributed by atoms with E-state index in [1.807, 2.05) is 66.1 Å². The molecule has 0 spiro atoms. The minimum absolute atomic E-state index is 0.00824. The van der Waals surface area contributed by atoms with Crippen molar-refractivity contribution in [1.29, 1.82) is 0 Å². The largest absolute Gasteiger partial charge is 0.478 e. The van der Waals surface area contributed by atoms with E-state index in [9.17, 15) is 14.7 Å². The van der Waals surface area contributed by atoms with Gasteiger partial charge in [-0.15, -0.1) is 0 Å². The molecule has 190 valence electrons. The highest BCUT2D eigenvalue weighted by Crippen LogP contribution is 2.33. The van der Waals surface area contributed by atoms with Crippen LogP contribution in [0.5, 0.6) is 0 Å². The molecule has 0 unspecified atom stereocenters. The normalized spacial score (nSPS) is 11.9. The number of hydrogen-bond acceptors (Lipinski definition) is 4. The number of hydrogen-bond donors (Lipinski definition) is 3. The Labute approximate surface area is 211 Å². The molecule has 0 saturated carbocycles. The number of nitrogens with zero attached hydrogens (tertiary/aromatic N) is 1. The third-order valence-electron chi connectivity index (χ3n) is 5.86. The van der Waals surface area contributed by atoms with Gasteiger partial charge in [0.15, 0.2) is 0 Å². The lowest BCUT2D eigenvalue weighted by atomic mass is 10.0. The van der Waals surface area contributed by atoms with Gasteiger partial charge in [-0.05, 0) is 42.2 Å². The van der Waals surface area contributed by atoms with Crippen LogP contribution in [-0.4, -0.2) is 46.4 Å². The monoisotopic (exact) mass is 490 g/mol. The van der Waals surface area contributed by atoms with Crippen LogP contribution in [0.4, 0.5) is 0 Å². The molecular weight excluding hydrogens is 456 g/mol. The Balaban J connectivity index is 1.98. The molecule has 0 radical (unpaired) electrons. The van der Waals surface area contributed by atoms with E-state index in [0.29, 0.717) is 18.7 Å². The lowest BCUT2D eigenvalue weighted by Gasteiger charge is -2.14. The van der Waals surface area contributed by atoms with Crippen LogP contribution in [0, 0.1) is 0 Å². The SMILES string of the molecule is C/C=C(\C=C/COCc1ccccc1)c1c(CCC)c2ccc(C(=O)O)cc2n1CC(=O)NCCO. The van der Waals surface area contributed by atoms with Crippen molar-refractivity contribution in [3.63, 3.8) is 0 Å². The van der Waals surface area contributed by atoms with E-state index in [1.54, 1.807) is 12.1 Å². The number of aliphatic hydroxyl groups is 1. The Hall–Kier alpha value is -3.68. The lowest BCUT2D eigenvalue weighted by molar-refractivity contribution is -0.121. The van der Waals surface area contributed by atoms with Crippen molar-refractivity contribution >= 4 is 28.4 Å². The summed E-state index contributed by atoms with van der Waals surface area (Å²) in [7, 11) is 0. The average molecular weight is 491 g/mol. The number of aromatic carboxylic acids is 1. The summed E-state index contributed by atoms with van der Waals surface area (Å²) in [5.74, 6) is -1.27. The lowest BCUT2D eigenvalue weighted by Crippen LogP contribution is -2.30. The molecule has 2 aromatic carbocycles. The molecular formula is C29H34N2O5. The Morgan fingerprint density at radius 1 is 1.14 bits per heavy atom. The van der Waals surface area contributed by atoms with Gasteiger partial charge in [0.1, 0.15) is 6.54 Å². The molecule has 0 aliphatic heterocycles. The zero-order chi connectivity index (χ0) is 25.9. The first-order valence-electron chi connectivity index (χ1n) is 12.2. The summed E-state index contributed by atoms with van der Waals surface area (Å²) in [6, 6.07) is 15.0. The maximum Gasteiger partial charge on any atom is 0.335 e. The second-order valence-corrected chi connectivity index (χ2v) is 8.42. The van der Waals surface area contributed by atoms with Gasteiger partial charge in [-0.2, -0.15) is 0 Å². The highest BCUT2D eigenvalue weighted by molar-refractivity contribution is 5.98. The Bertz CT molecular complexity index is 1240. The number of allylic oxidation sites excluding steroid dienone is 3. The molecule has 7 nitrogen and oxygen atoms in total. The fourth-order valence-electron chi connectivity index (χ4n) is 4.25. The van der Waals surface area contributed by atoms with Gasteiger partial charge in [0.25, 0.3) is 0 Å². The van der Waals surface area contributed by atoms with Crippen molar-refractivity contribution in [3.8, 4) is 0 Å². The molecule has 0 fully saturated rings. The van der Waals surface area contributed by atoms with Crippen molar-refractivity contribution in [2.45, 2.75) is 39.8 Å². The van der Waals surface area contributed by atoms with Crippen molar-refractivity contribution in [3.05, 3.63) is 89.1 Å². The number of aromatic nitrogens is 1. The standard InChI is InChI=1S/C29H34N2O5/c1-3-9-25-24-14-13-23(29(34)35)18-26(24)31(19-27(33)30-15-16-32)28(25)22(4-2)12-8-17-36-20-21-10-6-5-7-11-21/h4-8,10-14,18,32H,3,9,15-17,19-20H2,1-2H3,(H,30,33)(H,34,35)/b12-8-,22-4+. The van der Waals surface area contributed by atoms with Crippen molar-refractivity contribution in [1.82, 2.24) is 9.88 Å². The zero-order valence-corrected chi connectivity index (χ0v) is 20.9. The van der Waals surface area contributed by atoms with Gasteiger partial charge in [0.2, 0.25) is 5.91 Å². The predicted molar refractivity (Wildman–Crippen MR) is 142 cm³/mol. The summed E-state index contributed by atoms with van der Waals surface area (Å²) in [5.41, 5.74) is 4.84. The van der Waals surface area contributed by atoms with Crippen LogP contribution in [0.25, 0.3) is 16.5 Å². The molecule has 3 N–H and O–H groups in total. The predicted octanol–water partition coefficient (Wildman–Crippen LogP) is 4.58. The Kier molecular flexibility index (Phi) is 10.0. The van der Waals surface area contributed by atoms with Gasteiger partial charge >= 0.3 is 5.97 Å². The molecule has 3 aromatic rings. The molecule has 0 aliphatic rings. The molecule has 0 saturated heterocycles. The fourth-order valence-corrected chi connectivity index (χ4v) is 4.25. The Morgan fingerprint density at radius 2 is 1.92 bits per heavy atom. The number of amides is 1. The number of carboxylic acids is 1. The average Bonchev–Trinajstić information content (AvgIpc) is 3.18. The molecule has 7 heteroatoms. The first-order chi connectivity index (χ1) is 17.5. The van der Waals surface area contributed by atoms with Gasteiger partial charge in [-0.25, -0.2) is 4.79 Å². The van der Waals surface area contributed by atoms with E-state index in [1.165, 1.54) is 0 Å². The zero-order valence-electron chi connectivity index (χ0n) is 20.9. The van der Waals surface area contributed by atoms with Crippen LogP contribution in [-0.2, 0) is 29.1 Å². The summed E-state index contributed by atoms with van der Waals surface area (Å²) in [5, 5.41) is 22.3. The molecule has 1 aromatic heterocycles. The molecule has 36 heavy (non-hydrogen) atoms. The molecule has 1 amide bonds. The van der Waals surface area contributed by atoms with Crippen LogP contribution in [0.15, 0.2) is 66.8 Å². The minimum Gasteiger partial charge on any atom is -0.478 e. The van der Waals surface area contributed by atoms with Gasteiger partial charge in [-0.3, -0.25) is 4.79 Å². The number of nitrogens with one attached hydrogen (secondary N) is 1. The molecule has 0 bridgehead atoms. The van der Waals surface area contributed by atoms with E-state index in [2.05, 4.69) is 12.2 Å². The van der Waals surface area contributed by atoms with Crippen molar-refractivity contribution < 1.29 is 24.5 Å². The van der Waals surface area contributed by atoms with Crippen LogP contribution in [0.3, 0.4) is 0 Å². The van der Waals surface area contributed by atoms with E-state index >= 15 is 0 Å². The smallest absolute Gasteiger partial charge is 0.335 e. The third-order valence-corrected chi connectivity index (χ3v) is 5.86. The number of aliphatic hydroxyl groups excluding tert-OH is 1. The molecule has 0 aliphatic carbocycles. The maximum atomic E-state index is 12.7. The summed E-state index contributed by atoms with van der Waals surface area (Å²) in [4.78, 5) is 24.4. The number of aryl methyl sites for hydroxylation is 1. The van der Waals surface area contributed by atoms with Gasteiger partial charge < -0.3 is 24.8 Å². The van der Waals surface area contributed by atoms with Crippen molar-refractivity contribution in [2.75, 3.05) is 19.8 Å². The number of carbonyl (C=O) groups excluding carboxylic acids is 1. The van der Waals surface area contributed by atoms with Crippen LogP contribution < -0.4 is 5.32 Å². The summed E-state index contributed by atoms with van der Waals surface area (Å²) in [6.07, 6.45) is 7.59. The number of fused-ring (bicyclic) bond motifs is 1. The first kappa shape index (κ1) is 26.9. The van der Waals surface area contributed by atoms with E-state index in [4.69, 9.17) is 9.84 Å². The number of carboxylic acid groups (broad SMARTS) is 1. The number of rotatable bonds is 13. The topological polar surface area (TPSA) is 101 Å². The first-order valence-corrected chi connectivity index (χ1v) is 12.2.